The van der Waals surface area contributed by atoms with Crippen molar-refractivity contribution < 1.29 is 9.90 Å². The molecule has 1 aromatic rings. The van der Waals surface area contributed by atoms with E-state index >= 15 is 0 Å². The number of carbonyl (C=O) groups excluding carboxylic acids is 1. The lowest BCUT2D eigenvalue weighted by Crippen LogP contribution is -2.14. The van der Waals surface area contributed by atoms with Crippen LogP contribution in [0.5, 0.6) is 0 Å². The van der Waals surface area contributed by atoms with Crippen LogP contribution in [0, 0.1) is 0 Å². The van der Waals surface area contributed by atoms with Crippen LogP contribution >= 0.6 is 11.6 Å². The van der Waals surface area contributed by atoms with E-state index in [1.807, 2.05) is 18.2 Å². The van der Waals surface area contributed by atoms with Crippen LogP contribution < -0.4 is 5.32 Å². The molecule has 1 unspecified atom stereocenters. The Hall–Kier alpha value is -1.32. The fourth-order valence-electron chi connectivity index (χ4n) is 1.51. The summed E-state index contributed by atoms with van der Waals surface area (Å²) in [5.74, 6) is 0.171. The van der Waals surface area contributed by atoms with Crippen LogP contribution in [0.15, 0.2) is 42.1 Å². The Labute approximate surface area is 112 Å². The van der Waals surface area contributed by atoms with Gasteiger partial charge in [-0.3, -0.25) is 4.79 Å². The molecule has 0 saturated heterocycles. The molecular weight excluding hydrogens is 250 g/mol. The van der Waals surface area contributed by atoms with Crippen LogP contribution in [-0.2, 0) is 0 Å². The zero-order valence-electron chi connectivity index (χ0n) is 10.4. The van der Waals surface area contributed by atoms with E-state index in [1.165, 1.54) is 0 Å². The zero-order valence-corrected chi connectivity index (χ0v) is 11.2. The van der Waals surface area contributed by atoms with Gasteiger partial charge in [-0.1, -0.05) is 30.3 Å². The molecule has 0 aliphatic carbocycles. The minimum Gasteiger partial charge on any atom is -0.392 e. The van der Waals surface area contributed by atoms with Gasteiger partial charge in [-0.05, 0) is 12.8 Å². The highest BCUT2D eigenvalue weighted by atomic mass is 35.5. The molecule has 0 bridgehead atoms. The molecule has 0 spiro atoms. The second kappa shape index (κ2) is 7.90. The molecule has 0 fully saturated rings. The summed E-state index contributed by atoms with van der Waals surface area (Å²) >= 11 is 5.52. The third-order valence-corrected chi connectivity index (χ3v) is 2.97. The number of carbonyl (C=O) groups is 1. The highest BCUT2D eigenvalue weighted by molar-refractivity contribution is 6.18. The van der Waals surface area contributed by atoms with Gasteiger partial charge in [0.05, 0.1) is 6.10 Å². The topological polar surface area (TPSA) is 49.3 Å². The van der Waals surface area contributed by atoms with Gasteiger partial charge in [-0.2, -0.15) is 0 Å². The van der Waals surface area contributed by atoms with Gasteiger partial charge < -0.3 is 10.4 Å². The number of allylic oxidation sites excluding steroid dienone is 2. The van der Waals surface area contributed by atoms with E-state index in [9.17, 15) is 9.90 Å². The van der Waals surface area contributed by atoms with Crippen LogP contribution in [0.25, 0.3) is 0 Å². The van der Waals surface area contributed by atoms with Crippen molar-refractivity contribution in [2.75, 3.05) is 12.9 Å². The van der Waals surface area contributed by atoms with Crippen molar-refractivity contribution in [3.05, 3.63) is 47.7 Å². The summed E-state index contributed by atoms with van der Waals surface area (Å²) in [5.41, 5.74) is 1.45. The molecule has 98 valence electrons. The largest absolute Gasteiger partial charge is 0.392 e. The molecule has 0 aromatic heterocycles. The molecule has 4 heteroatoms. The average Bonchev–Trinajstić information content (AvgIpc) is 2.43. The molecule has 0 amide bonds. The van der Waals surface area contributed by atoms with Crippen LogP contribution in [0.3, 0.4) is 0 Å². The molecule has 0 heterocycles. The van der Waals surface area contributed by atoms with E-state index in [1.54, 1.807) is 25.3 Å². The maximum Gasteiger partial charge on any atom is 0.187 e. The monoisotopic (exact) mass is 267 g/mol. The van der Waals surface area contributed by atoms with Crippen molar-refractivity contribution in [1.82, 2.24) is 5.32 Å². The summed E-state index contributed by atoms with van der Waals surface area (Å²) < 4.78 is 0. The van der Waals surface area contributed by atoms with Gasteiger partial charge in [0.2, 0.25) is 0 Å². The van der Waals surface area contributed by atoms with E-state index in [2.05, 4.69) is 5.32 Å². The number of nitrogens with one attached hydrogen (secondary N) is 1. The normalized spacial score (nSPS) is 13.2. The third-order valence-electron chi connectivity index (χ3n) is 2.61. The lowest BCUT2D eigenvalue weighted by atomic mass is 10.1. The molecule has 0 aliphatic rings. The Kier molecular flexibility index (Phi) is 6.47. The Morgan fingerprint density at radius 2 is 2.11 bits per heavy atom. The Balaban J connectivity index is 2.64. The number of ketones is 1. The smallest absolute Gasteiger partial charge is 0.187 e. The van der Waals surface area contributed by atoms with Gasteiger partial charge in [-0.15, -0.1) is 11.6 Å². The maximum atomic E-state index is 11.9. The zero-order chi connectivity index (χ0) is 13.4. The SMILES string of the molecule is CN/C(=C\C(=O)c1ccccc1)CCC(O)CCl. The van der Waals surface area contributed by atoms with E-state index < -0.39 is 6.10 Å². The summed E-state index contributed by atoms with van der Waals surface area (Å²) in [7, 11) is 1.76. The summed E-state index contributed by atoms with van der Waals surface area (Å²) in [6.45, 7) is 0. The molecule has 0 aliphatic heterocycles. The minimum atomic E-state index is -0.532. The summed E-state index contributed by atoms with van der Waals surface area (Å²) in [4.78, 5) is 11.9. The number of halogens is 1. The van der Waals surface area contributed by atoms with Crippen molar-refractivity contribution in [1.29, 1.82) is 0 Å². The molecule has 2 N–H and O–H groups in total. The fourth-order valence-corrected chi connectivity index (χ4v) is 1.67. The van der Waals surface area contributed by atoms with Crippen LogP contribution in [0.2, 0.25) is 0 Å². The fraction of sp³-hybridized carbons (Fsp3) is 0.357. The number of hydrogen-bond acceptors (Lipinski definition) is 3. The number of rotatable bonds is 7. The van der Waals surface area contributed by atoms with E-state index in [-0.39, 0.29) is 11.7 Å². The van der Waals surface area contributed by atoms with Crippen LogP contribution in [0.1, 0.15) is 23.2 Å². The first-order chi connectivity index (χ1) is 8.67. The summed E-state index contributed by atoms with van der Waals surface area (Å²) in [6, 6.07) is 9.09. The number of aliphatic hydroxyl groups excluding tert-OH is 1. The van der Waals surface area contributed by atoms with E-state index in [0.29, 0.717) is 18.4 Å². The second-order valence-corrected chi connectivity index (χ2v) is 4.31. The molecule has 1 aromatic carbocycles. The second-order valence-electron chi connectivity index (χ2n) is 4.00. The van der Waals surface area contributed by atoms with Gasteiger partial charge in [0, 0.05) is 30.3 Å². The molecule has 0 saturated carbocycles. The van der Waals surface area contributed by atoms with Gasteiger partial charge in [0.25, 0.3) is 0 Å². The molecule has 0 radical (unpaired) electrons. The van der Waals surface area contributed by atoms with E-state index in [4.69, 9.17) is 11.6 Å². The van der Waals surface area contributed by atoms with E-state index in [0.717, 1.165) is 5.70 Å². The summed E-state index contributed by atoms with van der Waals surface area (Å²) in [5, 5.41) is 12.3. The predicted molar refractivity (Wildman–Crippen MR) is 73.9 cm³/mol. The quantitative estimate of drug-likeness (QED) is 0.453. The standard InChI is InChI=1S/C14H18ClNO2/c1-16-12(7-8-13(17)10-15)9-14(18)11-5-3-2-4-6-11/h2-6,9,13,16-17H,7-8,10H2,1H3/b12-9-. The van der Waals surface area contributed by atoms with Gasteiger partial charge >= 0.3 is 0 Å². The van der Waals surface area contributed by atoms with Crippen molar-refractivity contribution in [3.8, 4) is 0 Å². The van der Waals surface area contributed by atoms with Gasteiger partial charge in [-0.25, -0.2) is 0 Å². The highest BCUT2D eigenvalue weighted by Crippen LogP contribution is 2.08. The average molecular weight is 268 g/mol. The molecule has 3 nitrogen and oxygen atoms in total. The number of alkyl halides is 1. The van der Waals surface area contributed by atoms with Crippen molar-refractivity contribution in [3.63, 3.8) is 0 Å². The first-order valence-electron chi connectivity index (χ1n) is 5.89. The number of benzene rings is 1. The maximum absolute atomic E-state index is 11.9. The first kappa shape index (κ1) is 14.7. The lowest BCUT2D eigenvalue weighted by Gasteiger charge is -2.09. The molecule has 1 rings (SSSR count). The van der Waals surface area contributed by atoms with Crippen molar-refractivity contribution in [2.24, 2.45) is 0 Å². The predicted octanol–water partition coefficient (Wildman–Crippen LogP) is 2.35. The van der Waals surface area contributed by atoms with Gasteiger partial charge in [0.1, 0.15) is 0 Å². The highest BCUT2D eigenvalue weighted by Gasteiger charge is 2.06. The van der Waals surface area contributed by atoms with Crippen LogP contribution in [-0.4, -0.2) is 29.9 Å². The lowest BCUT2D eigenvalue weighted by molar-refractivity contribution is 0.104. The van der Waals surface area contributed by atoms with Crippen molar-refractivity contribution >= 4 is 17.4 Å². The molecule has 18 heavy (non-hydrogen) atoms. The first-order valence-corrected chi connectivity index (χ1v) is 6.42. The van der Waals surface area contributed by atoms with Gasteiger partial charge in [0.15, 0.2) is 5.78 Å². The molecule has 1 atom stereocenters. The number of aliphatic hydroxyl groups is 1. The molecular formula is C14H18ClNO2. The van der Waals surface area contributed by atoms with Crippen molar-refractivity contribution in [2.45, 2.75) is 18.9 Å². The third kappa shape index (κ3) is 4.90. The minimum absolute atomic E-state index is 0.0414. The summed E-state index contributed by atoms with van der Waals surface area (Å²) in [6.07, 6.45) is 2.17. The Bertz CT molecular complexity index is 404. The Morgan fingerprint density at radius 1 is 1.44 bits per heavy atom. The number of hydrogen-bond donors (Lipinski definition) is 2. The Morgan fingerprint density at radius 3 is 2.67 bits per heavy atom. The van der Waals surface area contributed by atoms with Crippen LogP contribution in [0.4, 0.5) is 0 Å².